The predicted octanol–water partition coefficient (Wildman–Crippen LogP) is 12.5. The molecule has 0 aromatic heterocycles. The van der Waals surface area contributed by atoms with Crippen LogP contribution in [-0.4, -0.2) is 59.1 Å². The van der Waals surface area contributed by atoms with E-state index >= 15 is 26.3 Å². The van der Waals surface area contributed by atoms with Gasteiger partial charge in [0.2, 0.25) is 5.41 Å². The SMILES string of the molecule is CC(=O)c1ccc(C(c2ccc3c(c2)C(=O)N(c2ccc(C4(c5ccc(N6C(=O)c7cc(C(C)=O)c(C(C)=O)cc7C6=O)c(C)c5)c5ccccc5-c5ccccc54)cc2C)C3=O)(C(F)(F)F)C(F)(F)F)cc1C(C)=O. The van der Waals surface area contributed by atoms with Crippen LogP contribution in [-0.2, 0) is 10.8 Å². The molecule has 0 saturated carbocycles. The molecular formula is C60H40F6N2O8. The minimum atomic E-state index is -6.15. The number of nitrogens with zero attached hydrogens (tertiary/aromatic N) is 2. The zero-order valence-corrected chi connectivity index (χ0v) is 41.1. The van der Waals surface area contributed by atoms with Crippen LogP contribution in [0.3, 0.4) is 0 Å². The zero-order valence-electron chi connectivity index (χ0n) is 41.1. The molecule has 7 aromatic rings. The van der Waals surface area contributed by atoms with Crippen molar-refractivity contribution in [2.75, 3.05) is 9.80 Å². The summed E-state index contributed by atoms with van der Waals surface area (Å²) < 4.78 is 92.6. The lowest BCUT2D eigenvalue weighted by Gasteiger charge is -2.38. The molecule has 0 N–H and O–H groups in total. The van der Waals surface area contributed by atoms with Gasteiger partial charge in [-0.05, 0) is 140 Å². The molecule has 0 spiro atoms. The molecule has 76 heavy (non-hydrogen) atoms. The molecule has 1 aliphatic carbocycles. The van der Waals surface area contributed by atoms with Crippen molar-refractivity contribution in [3.8, 4) is 11.1 Å². The van der Waals surface area contributed by atoms with Crippen molar-refractivity contribution >= 4 is 58.1 Å². The van der Waals surface area contributed by atoms with Gasteiger partial charge < -0.3 is 0 Å². The Bertz CT molecular complexity index is 3740. The summed E-state index contributed by atoms with van der Waals surface area (Å²) in [5.41, 5.74) is -5.62. The quantitative estimate of drug-likeness (QED) is 0.0748. The summed E-state index contributed by atoms with van der Waals surface area (Å²) in [6, 6.07) is 31.0. The summed E-state index contributed by atoms with van der Waals surface area (Å²) in [5, 5.41) is 0. The lowest BCUT2D eigenvalue weighted by Crippen LogP contribution is -2.55. The van der Waals surface area contributed by atoms with Crippen LogP contribution in [0, 0.1) is 13.8 Å². The number of hydrogen-bond acceptors (Lipinski definition) is 8. The topological polar surface area (TPSA) is 143 Å². The van der Waals surface area contributed by atoms with E-state index in [0.717, 1.165) is 53.1 Å². The summed E-state index contributed by atoms with van der Waals surface area (Å²) in [5.74, 6) is -6.26. The van der Waals surface area contributed by atoms with Crippen molar-refractivity contribution in [2.45, 2.75) is 64.7 Å². The molecular weight excluding hydrogens is 991 g/mol. The molecule has 0 bridgehead atoms. The van der Waals surface area contributed by atoms with Gasteiger partial charge in [-0.1, -0.05) is 91.0 Å². The van der Waals surface area contributed by atoms with Crippen molar-refractivity contribution in [1.29, 1.82) is 0 Å². The van der Waals surface area contributed by atoms with Gasteiger partial charge in [-0.3, -0.25) is 38.4 Å². The zero-order chi connectivity index (χ0) is 54.9. The number of halogens is 6. The van der Waals surface area contributed by atoms with Crippen LogP contribution in [0.4, 0.5) is 37.7 Å². The molecule has 3 aliphatic rings. The smallest absolute Gasteiger partial charge is 0.294 e. The monoisotopic (exact) mass is 1030 g/mol. The number of rotatable bonds is 10. The maximum atomic E-state index is 15.4. The van der Waals surface area contributed by atoms with E-state index in [9.17, 15) is 38.4 Å². The number of aryl methyl sites for hydroxylation is 2. The van der Waals surface area contributed by atoms with Gasteiger partial charge in [-0.25, -0.2) is 9.80 Å². The van der Waals surface area contributed by atoms with Crippen LogP contribution < -0.4 is 9.80 Å². The fourth-order valence-electron chi connectivity index (χ4n) is 11.4. The predicted molar refractivity (Wildman–Crippen MR) is 268 cm³/mol. The summed E-state index contributed by atoms with van der Waals surface area (Å²) >= 11 is 0. The first kappa shape index (κ1) is 50.6. The number of ketones is 4. The highest BCUT2D eigenvalue weighted by Crippen LogP contribution is 2.59. The number of benzene rings is 7. The summed E-state index contributed by atoms with van der Waals surface area (Å²) in [7, 11) is 0. The van der Waals surface area contributed by atoms with E-state index in [1.165, 1.54) is 32.0 Å². The molecule has 10 nitrogen and oxygen atoms in total. The maximum Gasteiger partial charge on any atom is 0.411 e. The Kier molecular flexibility index (Phi) is 11.5. The number of carbonyl (C=O) groups is 8. The number of alkyl halides is 6. The van der Waals surface area contributed by atoms with Gasteiger partial charge in [0.05, 0.1) is 39.0 Å². The maximum absolute atomic E-state index is 15.4. The molecule has 0 radical (unpaired) electrons. The highest BCUT2D eigenvalue weighted by Gasteiger charge is 2.73. The van der Waals surface area contributed by atoms with Gasteiger partial charge in [-0.15, -0.1) is 0 Å². The highest BCUT2D eigenvalue weighted by molar-refractivity contribution is 6.36. The Morgan fingerprint density at radius 3 is 1.17 bits per heavy atom. The summed E-state index contributed by atoms with van der Waals surface area (Å²) in [6.07, 6.45) is -12.3. The average Bonchev–Trinajstić information content (AvgIpc) is 3.90. The molecule has 380 valence electrons. The number of imide groups is 2. The van der Waals surface area contributed by atoms with Gasteiger partial charge in [-0.2, -0.15) is 26.3 Å². The highest BCUT2D eigenvalue weighted by atomic mass is 19.4. The van der Waals surface area contributed by atoms with E-state index in [-0.39, 0.29) is 39.2 Å². The van der Waals surface area contributed by atoms with Crippen LogP contribution in [0.1, 0.15) is 155 Å². The Morgan fingerprint density at radius 2 is 0.763 bits per heavy atom. The van der Waals surface area contributed by atoms with Crippen molar-refractivity contribution < 1.29 is 64.7 Å². The molecule has 0 atom stereocenters. The van der Waals surface area contributed by atoms with E-state index in [1.54, 1.807) is 38.1 Å². The molecule has 10 rings (SSSR count). The van der Waals surface area contributed by atoms with Crippen LogP contribution in [0.2, 0.25) is 0 Å². The minimum absolute atomic E-state index is 0.00879. The Balaban J connectivity index is 1.08. The average molecular weight is 1030 g/mol. The lowest BCUT2D eigenvalue weighted by molar-refractivity contribution is -0.288. The number of Topliss-reactive ketones (excluding diaryl/α,β-unsaturated/α-hetero) is 4. The van der Waals surface area contributed by atoms with Crippen molar-refractivity contribution in [3.05, 3.63) is 222 Å². The van der Waals surface area contributed by atoms with E-state index in [0.29, 0.717) is 51.4 Å². The number of anilines is 2. The minimum Gasteiger partial charge on any atom is -0.294 e. The third-order valence-electron chi connectivity index (χ3n) is 14.9. The molecule has 4 amide bonds. The molecule has 2 aliphatic heterocycles. The fraction of sp³-hybridized carbons (Fsp3) is 0.167. The Labute approximate surface area is 429 Å². The standard InChI is InChI=1S/C60H40F6N2O8/c1-29-23-35(17-21-51(29)67-53(73)42-20-16-38(26-46(42)54(67)74)58(59(61,62)63,60(64,65)66)37-15-19-39(31(3)69)43(25-37)32(4)70)57(49-13-9-7-11-40(49)41-12-8-10-14-50(41)57)36-18-22-52(30(2)24-36)68-55(75)47-27-44(33(5)71)45(34(6)72)28-48(47)56(68)76/h7-28H,1-6H3. The second-order valence-corrected chi connectivity index (χ2v) is 19.2. The number of fused-ring (bicyclic) bond motifs is 5. The van der Waals surface area contributed by atoms with Crippen molar-refractivity contribution in [2.24, 2.45) is 0 Å². The molecule has 0 unspecified atom stereocenters. The molecule has 2 heterocycles. The number of amides is 4. The normalized spacial score (nSPS) is 14.7. The molecule has 16 heteroatoms. The summed E-state index contributed by atoms with van der Waals surface area (Å²) in [6.45, 7) is 7.72. The summed E-state index contributed by atoms with van der Waals surface area (Å²) in [4.78, 5) is 108. The van der Waals surface area contributed by atoms with Crippen molar-refractivity contribution in [1.82, 2.24) is 0 Å². The Morgan fingerprint density at radius 1 is 0.395 bits per heavy atom. The van der Waals surface area contributed by atoms with Gasteiger partial charge >= 0.3 is 12.4 Å². The Hall–Kier alpha value is -8.92. The van der Waals surface area contributed by atoms with E-state index < -0.39 is 97.8 Å². The molecule has 7 aromatic carbocycles. The number of hydrogen-bond donors (Lipinski definition) is 0. The first-order valence-electron chi connectivity index (χ1n) is 23.6. The third kappa shape index (κ3) is 7.02. The van der Waals surface area contributed by atoms with Crippen LogP contribution in [0.5, 0.6) is 0 Å². The van der Waals surface area contributed by atoms with Crippen LogP contribution in [0.25, 0.3) is 11.1 Å². The largest absolute Gasteiger partial charge is 0.411 e. The van der Waals surface area contributed by atoms with Crippen molar-refractivity contribution in [3.63, 3.8) is 0 Å². The van der Waals surface area contributed by atoms with E-state index in [4.69, 9.17) is 0 Å². The third-order valence-corrected chi connectivity index (χ3v) is 14.9. The van der Waals surface area contributed by atoms with Gasteiger partial charge in [0.15, 0.2) is 23.1 Å². The first-order valence-corrected chi connectivity index (χ1v) is 23.6. The van der Waals surface area contributed by atoms with Gasteiger partial charge in [0.1, 0.15) is 0 Å². The van der Waals surface area contributed by atoms with Crippen LogP contribution in [0.15, 0.2) is 133 Å². The van der Waals surface area contributed by atoms with Gasteiger partial charge in [0, 0.05) is 22.3 Å². The van der Waals surface area contributed by atoms with E-state index in [1.807, 2.05) is 54.6 Å². The van der Waals surface area contributed by atoms with Gasteiger partial charge in [0.25, 0.3) is 23.6 Å². The van der Waals surface area contributed by atoms with Crippen LogP contribution >= 0.6 is 0 Å². The van der Waals surface area contributed by atoms with E-state index in [2.05, 4.69) is 0 Å². The second kappa shape index (κ2) is 17.3. The second-order valence-electron chi connectivity index (χ2n) is 19.2. The molecule has 0 fully saturated rings. The molecule has 0 saturated heterocycles. The first-order chi connectivity index (χ1) is 35.8. The number of carbonyl (C=O) groups excluding carboxylic acids is 8. The fourth-order valence-corrected chi connectivity index (χ4v) is 11.4. The lowest BCUT2D eigenvalue weighted by atomic mass is 9.67.